The number of carbonyl (C=O) groups is 2. The van der Waals surface area contributed by atoms with Crippen molar-refractivity contribution in [3.8, 4) is 5.75 Å². The Morgan fingerprint density at radius 3 is 2.77 bits per heavy atom. The summed E-state index contributed by atoms with van der Waals surface area (Å²) in [6.45, 7) is 0.872. The average molecular weight is 445 g/mol. The number of methoxy groups -OCH3 is 1. The highest BCUT2D eigenvalue weighted by atomic mass is 32.2. The minimum atomic E-state index is -3.89. The lowest BCUT2D eigenvalue weighted by molar-refractivity contribution is -0.129. The highest BCUT2D eigenvalue weighted by Gasteiger charge is 2.32. The largest absolute Gasteiger partial charge is 0.496 e. The Labute approximate surface area is 181 Å². The molecule has 0 spiro atoms. The molecule has 1 amide bonds. The van der Waals surface area contributed by atoms with Crippen LogP contribution in [0.15, 0.2) is 47.4 Å². The summed E-state index contributed by atoms with van der Waals surface area (Å²) >= 11 is 0. The summed E-state index contributed by atoms with van der Waals surface area (Å²) in [6, 6.07) is 11.4. The van der Waals surface area contributed by atoms with Crippen molar-refractivity contribution < 1.29 is 27.5 Å². The van der Waals surface area contributed by atoms with E-state index in [0.29, 0.717) is 31.6 Å². The molecule has 0 aromatic heterocycles. The van der Waals surface area contributed by atoms with Gasteiger partial charge in [-0.3, -0.25) is 9.10 Å². The fourth-order valence-corrected chi connectivity index (χ4v) is 5.44. The number of amides is 1. The minimum absolute atomic E-state index is 0.0342. The molecule has 2 aliphatic rings. The molecule has 1 saturated heterocycles. The molecule has 9 heteroatoms. The first kappa shape index (κ1) is 21.2. The maximum atomic E-state index is 13.3. The predicted octanol–water partition coefficient (Wildman–Crippen LogP) is 2.27. The molecule has 8 nitrogen and oxygen atoms in total. The number of esters is 1. The van der Waals surface area contributed by atoms with E-state index < -0.39 is 22.1 Å². The lowest BCUT2D eigenvalue weighted by Gasteiger charge is -2.21. The number of nitrogens with zero attached hydrogens (tertiary/aromatic N) is 1. The van der Waals surface area contributed by atoms with Gasteiger partial charge < -0.3 is 14.8 Å². The van der Waals surface area contributed by atoms with Crippen molar-refractivity contribution in [3.05, 3.63) is 53.6 Å². The van der Waals surface area contributed by atoms with E-state index in [9.17, 15) is 18.0 Å². The summed E-state index contributed by atoms with van der Waals surface area (Å²) < 4.78 is 38.7. The summed E-state index contributed by atoms with van der Waals surface area (Å²) in [5.41, 5.74) is 1.56. The molecule has 2 aromatic carbocycles. The average Bonchev–Trinajstić information content (AvgIpc) is 3.12. The lowest BCUT2D eigenvalue weighted by Crippen LogP contribution is -2.36. The summed E-state index contributed by atoms with van der Waals surface area (Å²) in [7, 11) is -2.51. The minimum Gasteiger partial charge on any atom is -0.496 e. The number of hydrogen-bond donors (Lipinski definition) is 1. The molecule has 164 valence electrons. The maximum absolute atomic E-state index is 13.3. The number of para-hydroxylation sites is 1. The van der Waals surface area contributed by atoms with Gasteiger partial charge in [0, 0.05) is 13.1 Å². The van der Waals surface area contributed by atoms with Crippen molar-refractivity contribution in [2.24, 2.45) is 0 Å². The number of ether oxygens (including phenoxy) is 2. The van der Waals surface area contributed by atoms with E-state index in [4.69, 9.17) is 9.47 Å². The number of carbonyl (C=O) groups excluding carboxylic acids is 2. The maximum Gasteiger partial charge on any atom is 0.342 e. The molecule has 4 rings (SSSR count). The second-order valence-corrected chi connectivity index (χ2v) is 9.36. The van der Waals surface area contributed by atoms with Crippen molar-refractivity contribution in [1.82, 2.24) is 5.32 Å². The van der Waals surface area contributed by atoms with E-state index in [1.54, 1.807) is 12.1 Å². The number of benzene rings is 2. The number of sulfonamides is 1. The van der Waals surface area contributed by atoms with E-state index in [1.165, 1.54) is 29.6 Å². The van der Waals surface area contributed by atoms with Gasteiger partial charge in [-0.15, -0.1) is 0 Å². The van der Waals surface area contributed by atoms with Crippen molar-refractivity contribution in [2.75, 3.05) is 24.5 Å². The molecule has 1 atom stereocenters. The standard InChI is InChI=1S/C22H24N2O6S/c1-29-19-10-9-16(31(27,28)24-13-11-15-6-2-3-7-18(15)24)14-17(19)22(26)30-20-8-4-5-12-23-21(20)25/h2-3,6-7,9-10,14,20H,4-5,8,11-13H2,1H3,(H,23,25)/t20-/m0/s1. The van der Waals surface area contributed by atoms with E-state index >= 15 is 0 Å². The summed E-state index contributed by atoms with van der Waals surface area (Å²) in [4.78, 5) is 24.9. The van der Waals surface area contributed by atoms with Gasteiger partial charge in [0.2, 0.25) is 0 Å². The molecule has 1 fully saturated rings. The second-order valence-electron chi connectivity index (χ2n) is 7.50. The highest BCUT2D eigenvalue weighted by molar-refractivity contribution is 7.92. The molecule has 2 heterocycles. The first-order chi connectivity index (χ1) is 14.9. The van der Waals surface area contributed by atoms with Crippen LogP contribution in [0.25, 0.3) is 0 Å². The summed E-state index contributed by atoms with van der Waals surface area (Å²) in [5.74, 6) is -0.958. The zero-order valence-electron chi connectivity index (χ0n) is 17.2. The first-order valence-corrected chi connectivity index (χ1v) is 11.6. The Bertz CT molecular complexity index is 1110. The third kappa shape index (κ3) is 4.10. The van der Waals surface area contributed by atoms with Crippen LogP contribution in [0.1, 0.15) is 35.2 Å². The van der Waals surface area contributed by atoms with E-state index in [1.807, 2.05) is 12.1 Å². The normalized spacial score (nSPS) is 18.7. The van der Waals surface area contributed by atoms with Crippen molar-refractivity contribution in [1.29, 1.82) is 0 Å². The van der Waals surface area contributed by atoms with Gasteiger partial charge in [0.25, 0.3) is 15.9 Å². The number of anilines is 1. The van der Waals surface area contributed by atoms with Crippen molar-refractivity contribution in [3.63, 3.8) is 0 Å². The van der Waals surface area contributed by atoms with Crippen LogP contribution < -0.4 is 14.4 Å². The molecule has 0 saturated carbocycles. The Kier molecular flexibility index (Phi) is 5.86. The molecule has 0 radical (unpaired) electrons. The number of rotatable bonds is 5. The Hall–Kier alpha value is -3.07. The third-order valence-corrected chi connectivity index (χ3v) is 7.37. The van der Waals surface area contributed by atoms with Crippen LogP contribution in [0.4, 0.5) is 5.69 Å². The number of hydrogen-bond acceptors (Lipinski definition) is 6. The molecule has 0 bridgehead atoms. The van der Waals surface area contributed by atoms with Gasteiger partial charge >= 0.3 is 5.97 Å². The van der Waals surface area contributed by atoms with Crippen molar-refractivity contribution in [2.45, 2.75) is 36.7 Å². The SMILES string of the molecule is COc1ccc(S(=O)(=O)N2CCc3ccccc32)cc1C(=O)O[C@H]1CCCCNC1=O. The van der Waals surface area contributed by atoms with Gasteiger partial charge in [0.15, 0.2) is 6.10 Å². The van der Waals surface area contributed by atoms with E-state index in [-0.39, 0.29) is 22.1 Å². The summed E-state index contributed by atoms with van der Waals surface area (Å²) in [5, 5.41) is 2.71. The van der Waals surface area contributed by atoms with E-state index in [2.05, 4.69) is 5.32 Å². The first-order valence-electron chi connectivity index (χ1n) is 10.2. The molecular formula is C22H24N2O6S. The molecule has 0 aliphatic carbocycles. The summed E-state index contributed by atoms with van der Waals surface area (Å²) in [6.07, 6.45) is 1.69. The Balaban J connectivity index is 1.64. The van der Waals surface area contributed by atoms with Crippen LogP contribution in [-0.2, 0) is 26.0 Å². The van der Waals surface area contributed by atoms with Gasteiger partial charge in [-0.05, 0) is 55.5 Å². The second kappa shape index (κ2) is 8.58. The van der Waals surface area contributed by atoms with Crippen LogP contribution in [0.3, 0.4) is 0 Å². The van der Waals surface area contributed by atoms with Gasteiger partial charge in [-0.1, -0.05) is 18.2 Å². The van der Waals surface area contributed by atoms with Gasteiger partial charge in [-0.2, -0.15) is 0 Å². The van der Waals surface area contributed by atoms with Crippen LogP contribution in [0.5, 0.6) is 5.75 Å². The van der Waals surface area contributed by atoms with E-state index in [0.717, 1.165) is 18.4 Å². The monoisotopic (exact) mass is 444 g/mol. The van der Waals surface area contributed by atoms with Crippen molar-refractivity contribution >= 4 is 27.6 Å². The van der Waals surface area contributed by atoms with Crippen LogP contribution in [0.2, 0.25) is 0 Å². The lowest BCUT2D eigenvalue weighted by atomic mass is 10.1. The van der Waals surface area contributed by atoms with Gasteiger partial charge in [0.1, 0.15) is 11.3 Å². The number of nitrogens with one attached hydrogen (secondary N) is 1. The Morgan fingerprint density at radius 1 is 1.16 bits per heavy atom. The van der Waals surface area contributed by atoms with Crippen LogP contribution in [-0.4, -0.2) is 46.6 Å². The quantitative estimate of drug-likeness (QED) is 0.710. The fraction of sp³-hybridized carbons (Fsp3) is 0.364. The van der Waals surface area contributed by atoms with Crippen LogP contribution >= 0.6 is 0 Å². The molecule has 2 aliphatic heterocycles. The predicted molar refractivity (Wildman–Crippen MR) is 114 cm³/mol. The smallest absolute Gasteiger partial charge is 0.342 e. The zero-order valence-corrected chi connectivity index (χ0v) is 18.0. The van der Waals surface area contributed by atoms with Gasteiger partial charge in [-0.25, -0.2) is 13.2 Å². The zero-order chi connectivity index (χ0) is 22.0. The van der Waals surface area contributed by atoms with Gasteiger partial charge in [0.05, 0.1) is 17.7 Å². The molecule has 0 unspecified atom stereocenters. The highest BCUT2D eigenvalue weighted by Crippen LogP contribution is 2.34. The molecule has 1 N–H and O–H groups in total. The number of fused-ring (bicyclic) bond motifs is 1. The molecular weight excluding hydrogens is 420 g/mol. The third-order valence-electron chi connectivity index (χ3n) is 5.56. The Morgan fingerprint density at radius 2 is 1.97 bits per heavy atom. The molecule has 31 heavy (non-hydrogen) atoms. The fourth-order valence-electron chi connectivity index (χ4n) is 3.91. The van der Waals surface area contributed by atoms with Crippen LogP contribution in [0, 0.1) is 0 Å². The molecule has 2 aromatic rings. The topological polar surface area (TPSA) is 102 Å².